The minimum absolute atomic E-state index is 0.00400. The number of hydrogen-bond acceptors (Lipinski definition) is 4. The molecular formula is C18H16F3N5O2. The summed E-state index contributed by atoms with van der Waals surface area (Å²) in [5.41, 5.74) is 0.833. The molecule has 1 aliphatic carbocycles. The minimum atomic E-state index is -4.51. The van der Waals surface area contributed by atoms with Crippen molar-refractivity contribution in [2.24, 2.45) is 0 Å². The van der Waals surface area contributed by atoms with Crippen molar-refractivity contribution in [2.75, 3.05) is 5.32 Å². The molecule has 2 aromatic heterocycles. The molecule has 4 rings (SSSR count). The zero-order chi connectivity index (χ0) is 19.9. The molecule has 0 saturated heterocycles. The zero-order valence-electron chi connectivity index (χ0n) is 14.7. The Hall–Kier alpha value is -3.17. The Morgan fingerprint density at radius 2 is 2.00 bits per heavy atom. The van der Waals surface area contributed by atoms with Crippen molar-refractivity contribution in [1.29, 1.82) is 0 Å². The molecule has 0 spiro atoms. The van der Waals surface area contributed by atoms with E-state index in [0.29, 0.717) is 5.52 Å². The summed E-state index contributed by atoms with van der Waals surface area (Å²) in [7, 11) is 0. The molecule has 146 valence electrons. The number of benzene rings is 1. The number of fused-ring (bicyclic) bond motifs is 3. The second-order valence-electron chi connectivity index (χ2n) is 6.65. The van der Waals surface area contributed by atoms with Crippen LogP contribution in [-0.2, 0) is 30.4 Å². The van der Waals surface area contributed by atoms with E-state index in [1.54, 1.807) is 0 Å². The normalized spacial score (nSPS) is 14.1. The molecule has 0 fully saturated rings. The summed E-state index contributed by atoms with van der Waals surface area (Å²) in [6.07, 6.45) is 0.378. The molecule has 7 nitrogen and oxygen atoms in total. The fraction of sp³-hybridized carbons (Fsp3) is 0.333. The van der Waals surface area contributed by atoms with Crippen LogP contribution in [0.5, 0.6) is 0 Å². The second kappa shape index (κ2) is 6.77. The SMILES string of the molecule is O=C(Cn1ncn2nc3c(c2c1=O)CCCC3)Nc1cccc(C(F)(F)F)c1. The number of alkyl halides is 3. The Labute approximate surface area is 156 Å². The van der Waals surface area contributed by atoms with Crippen molar-refractivity contribution < 1.29 is 18.0 Å². The van der Waals surface area contributed by atoms with Crippen LogP contribution in [-0.4, -0.2) is 25.3 Å². The van der Waals surface area contributed by atoms with Crippen LogP contribution in [0.2, 0.25) is 0 Å². The Morgan fingerprint density at radius 1 is 1.21 bits per heavy atom. The van der Waals surface area contributed by atoms with E-state index in [2.05, 4.69) is 15.5 Å². The van der Waals surface area contributed by atoms with E-state index in [1.807, 2.05) is 0 Å². The average molecular weight is 391 g/mol. The van der Waals surface area contributed by atoms with E-state index in [1.165, 1.54) is 23.0 Å². The largest absolute Gasteiger partial charge is 0.416 e. The third-order valence-corrected chi connectivity index (χ3v) is 4.69. The van der Waals surface area contributed by atoms with Crippen molar-refractivity contribution in [1.82, 2.24) is 19.4 Å². The lowest BCUT2D eigenvalue weighted by Gasteiger charge is -2.11. The summed E-state index contributed by atoms with van der Waals surface area (Å²) < 4.78 is 40.8. The molecule has 2 heterocycles. The first-order valence-electron chi connectivity index (χ1n) is 8.76. The van der Waals surface area contributed by atoms with Gasteiger partial charge in [0.15, 0.2) is 0 Å². The lowest BCUT2D eigenvalue weighted by Crippen LogP contribution is -2.31. The van der Waals surface area contributed by atoms with Crippen LogP contribution < -0.4 is 10.9 Å². The van der Waals surface area contributed by atoms with E-state index in [9.17, 15) is 22.8 Å². The van der Waals surface area contributed by atoms with Gasteiger partial charge in [-0.3, -0.25) is 9.59 Å². The number of halogens is 3. The highest BCUT2D eigenvalue weighted by Gasteiger charge is 2.30. The maximum absolute atomic E-state index is 12.8. The first-order chi connectivity index (χ1) is 13.3. The second-order valence-corrected chi connectivity index (χ2v) is 6.65. The molecule has 0 unspecified atom stereocenters. The number of amides is 1. The number of hydrogen-bond donors (Lipinski definition) is 1. The van der Waals surface area contributed by atoms with Crippen LogP contribution in [0.3, 0.4) is 0 Å². The Kier molecular flexibility index (Phi) is 4.40. The van der Waals surface area contributed by atoms with Gasteiger partial charge in [-0.15, -0.1) is 0 Å². The van der Waals surface area contributed by atoms with Crippen molar-refractivity contribution in [3.05, 3.63) is 57.8 Å². The molecule has 0 radical (unpaired) electrons. The maximum atomic E-state index is 12.8. The summed E-state index contributed by atoms with van der Waals surface area (Å²) in [5, 5.41) is 10.7. The van der Waals surface area contributed by atoms with Gasteiger partial charge < -0.3 is 5.32 Å². The minimum Gasteiger partial charge on any atom is -0.324 e. The van der Waals surface area contributed by atoms with Gasteiger partial charge >= 0.3 is 6.18 Å². The number of nitrogens with one attached hydrogen (secondary N) is 1. The van der Waals surface area contributed by atoms with Gasteiger partial charge in [-0.25, -0.2) is 9.20 Å². The molecule has 0 bridgehead atoms. The molecule has 28 heavy (non-hydrogen) atoms. The molecular weight excluding hydrogens is 375 g/mol. The predicted molar refractivity (Wildman–Crippen MR) is 94.0 cm³/mol. The fourth-order valence-corrected chi connectivity index (χ4v) is 3.39. The smallest absolute Gasteiger partial charge is 0.324 e. The van der Waals surface area contributed by atoms with E-state index in [-0.39, 0.29) is 5.69 Å². The van der Waals surface area contributed by atoms with Crippen LogP contribution in [0.25, 0.3) is 5.52 Å². The Bertz CT molecular complexity index is 1120. The van der Waals surface area contributed by atoms with Gasteiger partial charge in [-0.05, 0) is 43.9 Å². The molecule has 1 aliphatic rings. The van der Waals surface area contributed by atoms with Gasteiger partial charge in [-0.2, -0.15) is 23.4 Å². The van der Waals surface area contributed by atoms with Gasteiger partial charge in [-0.1, -0.05) is 6.07 Å². The number of anilines is 1. The molecule has 10 heteroatoms. The summed E-state index contributed by atoms with van der Waals surface area (Å²) in [4.78, 5) is 25.0. The molecule has 0 atom stereocenters. The van der Waals surface area contributed by atoms with Gasteiger partial charge in [0.1, 0.15) is 18.4 Å². The van der Waals surface area contributed by atoms with Crippen molar-refractivity contribution in [2.45, 2.75) is 38.4 Å². The lowest BCUT2D eigenvalue weighted by atomic mass is 9.97. The van der Waals surface area contributed by atoms with Crippen LogP contribution in [0.4, 0.5) is 18.9 Å². The van der Waals surface area contributed by atoms with Crippen molar-refractivity contribution in [3.63, 3.8) is 0 Å². The summed E-state index contributed by atoms with van der Waals surface area (Å²) in [6.45, 7) is -0.411. The number of rotatable bonds is 3. The highest BCUT2D eigenvalue weighted by molar-refractivity contribution is 5.90. The summed E-state index contributed by atoms with van der Waals surface area (Å²) in [5.74, 6) is -0.647. The van der Waals surface area contributed by atoms with Crippen LogP contribution >= 0.6 is 0 Å². The van der Waals surface area contributed by atoms with Crippen LogP contribution in [0.1, 0.15) is 29.7 Å². The molecule has 0 saturated carbocycles. The Balaban J connectivity index is 1.58. The molecule has 1 amide bonds. The first kappa shape index (κ1) is 18.2. The predicted octanol–water partition coefficient (Wildman–Crippen LogP) is 2.43. The van der Waals surface area contributed by atoms with Crippen molar-refractivity contribution >= 4 is 17.1 Å². The number of aryl methyl sites for hydroxylation is 2. The third-order valence-electron chi connectivity index (χ3n) is 4.69. The maximum Gasteiger partial charge on any atom is 0.416 e. The van der Waals surface area contributed by atoms with E-state index in [4.69, 9.17) is 0 Å². The van der Waals surface area contributed by atoms with Gasteiger partial charge in [0, 0.05) is 11.3 Å². The van der Waals surface area contributed by atoms with Crippen LogP contribution in [0, 0.1) is 0 Å². The number of nitrogens with zero attached hydrogens (tertiary/aromatic N) is 4. The molecule has 1 aromatic carbocycles. The lowest BCUT2D eigenvalue weighted by molar-refractivity contribution is -0.137. The topological polar surface area (TPSA) is 81.3 Å². The monoisotopic (exact) mass is 391 g/mol. The third kappa shape index (κ3) is 3.37. The molecule has 1 N–H and O–H groups in total. The zero-order valence-corrected chi connectivity index (χ0v) is 14.7. The number of carbonyl (C=O) groups is 1. The highest BCUT2D eigenvalue weighted by Crippen LogP contribution is 2.30. The van der Waals surface area contributed by atoms with Gasteiger partial charge in [0.25, 0.3) is 5.56 Å². The Morgan fingerprint density at radius 3 is 2.79 bits per heavy atom. The van der Waals surface area contributed by atoms with Crippen LogP contribution in [0.15, 0.2) is 35.4 Å². The molecule has 3 aromatic rings. The number of aromatic nitrogens is 4. The average Bonchev–Trinajstić information content (AvgIpc) is 3.03. The highest BCUT2D eigenvalue weighted by atomic mass is 19.4. The van der Waals surface area contributed by atoms with Gasteiger partial charge in [0.2, 0.25) is 5.91 Å². The number of carbonyl (C=O) groups excluding carboxylic acids is 1. The van der Waals surface area contributed by atoms with Crippen molar-refractivity contribution in [3.8, 4) is 0 Å². The summed E-state index contributed by atoms with van der Waals surface area (Å²) >= 11 is 0. The van der Waals surface area contributed by atoms with E-state index >= 15 is 0 Å². The van der Waals surface area contributed by atoms with E-state index in [0.717, 1.165) is 53.8 Å². The standard InChI is InChI=1S/C18H16F3N5O2/c19-18(20,21)11-4-3-5-12(8-11)23-15(27)9-25-17(28)16-13-6-1-2-7-14(13)24-26(16)10-22-25/h3-5,8,10H,1-2,6-7,9H2,(H,23,27). The fourth-order valence-electron chi connectivity index (χ4n) is 3.39. The first-order valence-corrected chi connectivity index (χ1v) is 8.76. The van der Waals surface area contributed by atoms with Gasteiger partial charge in [0.05, 0.1) is 11.3 Å². The summed E-state index contributed by atoms with van der Waals surface area (Å²) in [6, 6.07) is 4.30. The molecule has 0 aliphatic heterocycles. The quantitative estimate of drug-likeness (QED) is 0.744. The van der Waals surface area contributed by atoms with E-state index < -0.39 is 29.8 Å².